The summed E-state index contributed by atoms with van der Waals surface area (Å²) < 4.78 is 22.5. The molecule has 1 aromatic heterocycles. The topological polar surface area (TPSA) is 134 Å². The molecule has 11 heteroatoms. The second-order valence-electron chi connectivity index (χ2n) is 9.52. The molecule has 1 fully saturated rings. The van der Waals surface area contributed by atoms with Gasteiger partial charge in [-0.25, -0.2) is 9.59 Å². The summed E-state index contributed by atoms with van der Waals surface area (Å²) in [5.41, 5.74) is -0.120. The maximum atomic E-state index is 12.9. The van der Waals surface area contributed by atoms with Gasteiger partial charge in [0.25, 0.3) is 5.91 Å². The SMILES string of the molecule is CC(C)(C)OC(=O)C1(N=[S-](=O)c2ccc(C(=O)Nc3cc(-c4cccs4)ccc3NC(=O)O)cc2)CC1. The van der Waals surface area contributed by atoms with Crippen molar-refractivity contribution in [2.24, 2.45) is 4.36 Å². The Labute approximate surface area is 220 Å². The molecule has 0 bridgehead atoms. The van der Waals surface area contributed by atoms with Crippen LogP contribution >= 0.6 is 11.3 Å². The average Bonchev–Trinajstić information content (AvgIpc) is 3.40. The van der Waals surface area contributed by atoms with Gasteiger partial charge in [0, 0.05) is 10.4 Å². The summed E-state index contributed by atoms with van der Waals surface area (Å²) in [7, 11) is -1.81. The predicted octanol–water partition coefficient (Wildman–Crippen LogP) is 6.14. The molecule has 1 saturated carbocycles. The van der Waals surface area contributed by atoms with Crippen LogP contribution in [-0.4, -0.2) is 34.2 Å². The molecule has 1 aliphatic rings. The predicted molar refractivity (Wildman–Crippen MR) is 142 cm³/mol. The summed E-state index contributed by atoms with van der Waals surface area (Å²) in [4.78, 5) is 38.0. The Morgan fingerprint density at radius 3 is 2.30 bits per heavy atom. The lowest BCUT2D eigenvalue weighted by Gasteiger charge is -2.23. The molecule has 2 aromatic carbocycles. The van der Waals surface area contributed by atoms with Gasteiger partial charge in [0.15, 0.2) is 0 Å². The van der Waals surface area contributed by atoms with Crippen molar-refractivity contribution < 1.29 is 28.4 Å². The molecule has 37 heavy (non-hydrogen) atoms. The quantitative estimate of drug-likeness (QED) is 0.243. The Kier molecular flexibility index (Phi) is 7.37. The van der Waals surface area contributed by atoms with E-state index in [-0.39, 0.29) is 11.3 Å². The highest BCUT2D eigenvalue weighted by Crippen LogP contribution is 2.42. The third kappa shape index (κ3) is 6.55. The first-order valence-corrected chi connectivity index (χ1v) is 13.4. The number of nitrogens with one attached hydrogen (secondary N) is 2. The van der Waals surface area contributed by atoms with Gasteiger partial charge >= 0.3 is 12.1 Å². The van der Waals surface area contributed by atoms with Crippen LogP contribution in [0.2, 0.25) is 0 Å². The summed E-state index contributed by atoms with van der Waals surface area (Å²) >= 11 is 1.52. The zero-order valence-corrected chi connectivity index (χ0v) is 22.1. The number of carbonyl (C=O) groups excluding carboxylic acids is 2. The van der Waals surface area contributed by atoms with Crippen LogP contribution in [0.4, 0.5) is 16.2 Å². The van der Waals surface area contributed by atoms with Crippen LogP contribution in [0.3, 0.4) is 0 Å². The van der Waals surface area contributed by atoms with Gasteiger partial charge in [-0.05, 0) is 62.8 Å². The molecule has 3 aromatic rings. The van der Waals surface area contributed by atoms with E-state index in [1.165, 1.54) is 35.6 Å². The van der Waals surface area contributed by atoms with E-state index in [0.29, 0.717) is 23.4 Å². The molecule has 0 atom stereocenters. The monoisotopic (exact) mass is 540 g/mol. The lowest BCUT2D eigenvalue weighted by atomic mass is 10.1. The molecular formula is C26H26N3O6S2-. The first-order chi connectivity index (χ1) is 17.5. The van der Waals surface area contributed by atoms with E-state index in [1.54, 1.807) is 39.0 Å². The second kappa shape index (κ2) is 10.3. The van der Waals surface area contributed by atoms with E-state index < -0.39 is 39.7 Å². The highest BCUT2D eigenvalue weighted by atomic mass is 32.2. The van der Waals surface area contributed by atoms with Gasteiger partial charge in [-0.3, -0.25) is 10.1 Å². The third-order valence-corrected chi connectivity index (χ3v) is 7.50. The minimum atomic E-state index is -1.81. The Morgan fingerprint density at radius 2 is 1.73 bits per heavy atom. The lowest BCUT2D eigenvalue weighted by Crippen LogP contribution is -2.32. The van der Waals surface area contributed by atoms with E-state index in [0.717, 1.165) is 10.4 Å². The molecule has 0 aliphatic heterocycles. The minimum Gasteiger partial charge on any atom is -0.465 e. The molecule has 0 radical (unpaired) electrons. The highest BCUT2D eigenvalue weighted by Gasteiger charge is 2.50. The van der Waals surface area contributed by atoms with E-state index in [2.05, 4.69) is 15.0 Å². The first kappa shape index (κ1) is 26.4. The molecular weight excluding hydrogens is 514 g/mol. The van der Waals surface area contributed by atoms with Crippen molar-refractivity contribution in [3.63, 3.8) is 0 Å². The largest absolute Gasteiger partial charge is 0.465 e. The number of esters is 1. The molecule has 194 valence electrons. The number of amides is 2. The summed E-state index contributed by atoms with van der Waals surface area (Å²) in [6.45, 7) is 5.29. The van der Waals surface area contributed by atoms with Crippen LogP contribution in [0.25, 0.3) is 10.4 Å². The van der Waals surface area contributed by atoms with Gasteiger partial charge in [-0.15, -0.1) is 11.3 Å². The molecule has 1 heterocycles. The van der Waals surface area contributed by atoms with E-state index in [4.69, 9.17) is 9.84 Å². The number of ether oxygens (including phenoxy) is 1. The van der Waals surface area contributed by atoms with Crippen molar-refractivity contribution in [2.45, 2.75) is 49.6 Å². The Hall–Kier alpha value is -3.70. The van der Waals surface area contributed by atoms with Crippen LogP contribution in [0, 0.1) is 0 Å². The van der Waals surface area contributed by atoms with Crippen LogP contribution in [0.5, 0.6) is 0 Å². The van der Waals surface area contributed by atoms with Crippen molar-refractivity contribution in [3.05, 3.63) is 65.5 Å². The fourth-order valence-electron chi connectivity index (χ4n) is 3.42. The molecule has 0 unspecified atom stereocenters. The number of hydrogen-bond donors (Lipinski definition) is 3. The number of carboxylic acid groups (broad SMARTS) is 1. The van der Waals surface area contributed by atoms with Crippen LogP contribution in [0.1, 0.15) is 44.0 Å². The number of rotatable bonds is 7. The summed E-state index contributed by atoms with van der Waals surface area (Å²) in [5.74, 6) is -0.960. The third-order valence-electron chi connectivity index (χ3n) is 5.39. The van der Waals surface area contributed by atoms with Gasteiger partial charge in [0.1, 0.15) is 11.1 Å². The Balaban J connectivity index is 1.52. The van der Waals surface area contributed by atoms with Crippen LogP contribution in [0.15, 0.2) is 69.2 Å². The number of benzene rings is 2. The van der Waals surface area contributed by atoms with Crippen LogP contribution < -0.4 is 10.6 Å². The van der Waals surface area contributed by atoms with Gasteiger partial charge in [-0.1, -0.05) is 41.3 Å². The minimum absolute atomic E-state index is 0.231. The van der Waals surface area contributed by atoms with Crippen molar-refractivity contribution >= 4 is 51.3 Å². The zero-order chi connectivity index (χ0) is 26.8. The fraction of sp³-hybridized carbons (Fsp3) is 0.269. The summed E-state index contributed by atoms with van der Waals surface area (Å²) in [6.07, 6.45) is -0.300. The second-order valence-corrected chi connectivity index (χ2v) is 11.6. The van der Waals surface area contributed by atoms with Gasteiger partial charge in [0.2, 0.25) is 0 Å². The molecule has 0 saturated heterocycles. The lowest BCUT2D eigenvalue weighted by molar-refractivity contribution is -0.157. The number of hydrogen-bond acceptors (Lipinski definition) is 8. The highest BCUT2D eigenvalue weighted by molar-refractivity contribution is 7.75. The molecule has 1 aliphatic carbocycles. The molecule has 0 spiro atoms. The smallest absolute Gasteiger partial charge is 0.409 e. The number of thiophene rings is 1. The average molecular weight is 541 g/mol. The Morgan fingerprint density at radius 1 is 1.03 bits per heavy atom. The molecule has 9 nitrogen and oxygen atoms in total. The van der Waals surface area contributed by atoms with Gasteiger partial charge in [0.05, 0.1) is 11.4 Å². The normalized spacial score (nSPS) is 15.0. The maximum absolute atomic E-state index is 12.9. The number of anilines is 2. The fourth-order valence-corrected chi connectivity index (χ4v) is 5.19. The first-order valence-electron chi connectivity index (χ1n) is 11.4. The van der Waals surface area contributed by atoms with Crippen molar-refractivity contribution in [1.82, 2.24) is 0 Å². The van der Waals surface area contributed by atoms with Crippen molar-refractivity contribution in [3.8, 4) is 10.4 Å². The van der Waals surface area contributed by atoms with Crippen LogP contribution in [-0.2, 0) is 24.3 Å². The van der Waals surface area contributed by atoms with Crippen molar-refractivity contribution in [2.75, 3.05) is 10.6 Å². The number of carbonyl (C=O) groups is 3. The summed E-state index contributed by atoms with van der Waals surface area (Å²) in [6, 6.07) is 14.9. The zero-order valence-electron chi connectivity index (χ0n) is 20.4. The number of nitrogens with zero attached hydrogens (tertiary/aromatic N) is 1. The van der Waals surface area contributed by atoms with E-state index in [9.17, 15) is 18.6 Å². The van der Waals surface area contributed by atoms with E-state index in [1.807, 2.05) is 17.5 Å². The van der Waals surface area contributed by atoms with Gasteiger partial charge in [-0.2, -0.15) is 10.6 Å². The van der Waals surface area contributed by atoms with Gasteiger partial charge < -0.3 is 23.7 Å². The summed E-state index contributed by atoms with van der Waals surface area (Å²) in [5, 5.41) is 16.1. The van der Waals surface area contributed by atoms with E-state index >= 15 is 0 Å². The molecule has 3 N–H and O–H groups in total. The molecule has 2 amide bonds. The molecule has 4 rings (SSSR count). The van der Waals surface area contributed by atoms with Crippen molar-refractivity contribution in [1.29, 1.82) is 0 Å². The standard InChI is InChI=1S/C26H26N3O6S2/c1-25(2,3)35-23(31)26(12-13-26)29-37(34)18-9-6-16(7-10-18)22(30)27-20-15-17(21-5-4-14-36-21)8-11-19(20)28-24(32)33/h4-11,14-15,28H,12-13H2,1-3H3,(H,27,30)(H,32,33)/q-1. The maximum Gasteiger partial charge on any atom is 0.409 e. The Bertz CT molecular complexity index is 1420.